The molecule has 0 atom stereocenters. The van der Waals surface area contributed by atoms with Crippen molar-refractivity contribution in [2.75, 3.05) is 0 Å². The fourth-order valence-corrected chi connectivity index (χ4v) is 1.91. The molecule has 0 saturated carbocycles. The number of hydrogen-bond acceptors (Lipinski definition) is 2. The van der Waals surface area contributed by atoms with Gasteiger partial charge in [0.1, 0.15) is 11.5 Å². The Morgan fingerprint density at radius 3 is 2.24 bits per heavy atom. The molecule has 2 rings (SSSR count). The molecule has 2 aromatic rings. The first-order valence-electron chi connectivity index (χ1n) is 5.63. The van der Waals surface area contributed by atoms with Gasteiger partial charge < -0.3 is 10.2 Å². The molecule has 0 aliphatic carbocycles. The third-order valence-electron chi connectivity index (χ3n) is 2.95. The van der Waals surface area contributed by atoms with Crippen molar-refractivity contribution < 1.29 is 10.2 Å². The molecule has 2 aromatic carbocycles. The van der Waals surface area contributed by atoms with Crippen molar-refractivity contribution in [3.05, 3.63) is 58.7 Å². The van der Waals surface area contributed by atoms with Crippen LogP contribution >= 0.6 is 0 Å². The van der Waals surface area contributed by atoms with Crippen LogP contribution in [-0.2, 0) is 6.42 Å². The molecule has 17 heavy (non-hydrogen) atoms. The number of hydrogen-bond donors (Lipinski definition) is 2. The van der Waals surface area contributed by atoms with Crippen molar-refractivity contribution in [1.29, 1.82) is 0 Å². The summed E-state index contributed by atoms with van der Waals surface area (Å²) in [6.07, 6.45) is 0.679. The monoisotopic (exact) mass is 228 g/mol. The van der Waals surface area contributed by atoms with Gasteiger partial charge in [-0.2, -0.15) is 0 Å². The second kappa shape index (κ2) is 4.50. The summed E-state index contributed by atoms with van der Waals surface area (Å²) in [6.45, 7) is 3.91. The van der Waals surface area contributed by atoms with E-state index >= 15 is 0 Å². The van der Waals surface area contributed by atoms with Crippen molar-refractivity contribution in [1.82, 2.24) is 0 Å². The van der Waals surface area contributed by atoms with Gasteiger partial charge in [-0.3, -0.25) is 0 Å². The Hall–Kier alpha value is -1.96. The summed E-state index contributed by atoms with van der Waals surface area (Å²) in [5, 5.41) is 19.2. The molecule has 0 aliphatic rings. The number of benzene rings is 2. The van der Waals surface area contributed by atoms with Crippen LogP contribution in [0.2, 0.25) is 0 Å². The topological polar surface area (TPSA) is 40.5 Å². The second-order valence-corrected chi connectivity index (χ2v) is 4.42. The smallest absolute Gasteiger partial charge is 0.119 e. The van der Waals surface area contributed by atoms with Gasteiger partial charge in [0.2, 0.25) is 0 Å². The molecule has 88 valence electrons. The fourth-order valence-electron chi connectivity index (χ4n) is 1.91. The lowest BCUT2D eigenvalue weighted by molar-refractivity contribution is 0.469. The van der Waals surface area contributed by atoms with Crippen LogP contribution in [0.4, 0.5) is 0 Å². The normalized spacial score (nSPS) is 10.5. The van der Waals surface area contributed by atoms with E-state index in [1.807, 2.05) is 32.0 Å². The van der Waals surface area contributed by atoms with Crippen LogP contribution in [0.15, 0.2) is 36.4 Å². The molecule has 2 nitrogen and oxygen atoms in total. The molecule has 0 aliphatic heterocycles. The lowest BCUT2D eigenvalue weighted by Crippen LogP contribution is -1.92. The van der Waals surface area contributed by atoms with Crippen LogP contribution < -0.4 is 0 Å². The van der Waals surface area contributed by atoms with Crippen molar-refractivity contribution in [2.24, 2.45) is 0 Å². The average molecular weight is 228 g/mol. The van der Waals surface area contributed by atoms with E-state index in [-0.39, 0.29) is 5.75 Å². The van der Waals surface area contributed by atoms with E-state index in [0.717, 1.165) is 22.3 Å². The molecule has 0 radical (unpaired) electrons. The van der Waals surface area contributed by atoms with E-state index in [4.69, 9.17) is 0 Å². The number of aromatic hydroxyl groups is 2. The van der Waals surface area contributed by atoms with Crippen molar-refractivity contribution in [3.63, 3.8) is 0 Å². The zero-order valence-electron chi connectivity index (χ0n) is 10.1. The summed E-state index contributed by atoms with van der Waals surface area (Å²) >= 11 is 0. The van der Waals surface area contributed by atoms with Crippen molar-refractivity contribution in [3.8, 4) is 11.5 Å². The Balaban J connectivity index is 2.31. The highest BCUT2D eigenvalue weighted by atomic mass is 16.3. The van der Waals surface area contributed by atoms with Crippen LogP contribution in [0.5, 0.6) is 11.5 Å². The van der Waals surface area contributed by atoms with Gasteiger partial charge in [0.15, 0.2) is 0 Å². The standard InChI is InChI=1S/C15H16O2/c1-10-3-4-13(15(17)7-10)9-12-5-6-14(16)8-11(12)2/h3-8,16-17H,9H2,1-2H3. The molecule has 0 saturated heterocycles. The van der Waals surface area contributed by atoms with E-state index in [2.05, 4.69) is 0 Å². The molecule has 0 fully saturated rings. The Morgan fingerprint density at radius 1 is 0.882 bits per heavy atom. The van der Waals surface area contributed by atoms with E-state index in [9.17, 15) is 10.2 Å². The predicted octanol–water partition coefficient (Wildman–Crippen LogP) is 3.31. The van der Waals surface area contributed by atoms with Gasteiger partial charge in [-0.1, -0.05) is 18.2 Å². The summed E-state index contributed by atoms with van der Waals surface area (Å²) in [5.41, 5.74) is 4.10. The molecule has 0 heterocycles. The minimum Gasteiger partial charge on any atom is -0.508 e. The molecule has 0 spiro atoms. The number of rotatable bonds is 2. The van der Waals surface area contributed by atoms with Gasteiger partial charge in [0, 0.05) is 6.42 Å². The third-order valence-corrected chi connectivity index (χ3v) is 2.95. The Bertz CT molecular complexity index is 495. The highest BCUT2D eigenvalue weighted by molar-refractivity contribution is 5.42. The lowest BCUT2D eigenvalue weighted by atomic mass is 9.99. The summed E-state index contributed by atoms with van der Waals surface area (Å²) in [5.74, 6) is 0.608. The predicted molar refractivity (Wildman–Crippen MR) is 68.5 cm³/mol. The summed E-state index contributed by atoms with van der Waals surface area (Å²) in [4.78, 5) is 0. The quantitative estimate of drug-likeness (QED) is 0.828. The number of phenols is 2. The molecule has 0 bridgehead atoms. The Morgan fingerprint density at radius 2 is 1.59 bits per heavy atom. The molecule has 2 heteroatoms. The van der Waals surface area contributed by atoms with Gasteiger partial charge in [0.05, 0.1) is 0 Å². The molecule has 0 amide bonds. The molecular weight excluding hydrogens is 212 g/mol. The summed E-state index contributed by atoms with van der Waals surface area (Å²) in [6, 6.07) is 11.0. The van der Waals surface area contributed by atoms with Gasteiger partial charge in [-0.05, 0) is 54.3 Å². The van der Waals surface area contributed by atoms with Crippen LogP contribution in [0.1, 0.15) is 22.3 Å². The van der Waals surface area contributed by atoms with Crippen molar-refractivity contribution >= 4 is 0 Å². The van der Waals surface area contributed by atoms with Crippen molar-refractivity contribution in [2.45, 2.75) is 20.3 Å². The first-order chi connectivity index (χ1) is 8.06. The molecule has 2 N–H and O–H groups in total. The average Bonchev–Trinajstić information content (AvgIpc) is 2.25. The highest BCUT2D eigenvalue weighted by Crippen LogP contribution is 2.24. The lowest BCUT2D eigenvalue weighted by Gasteiger charge is -2.08. The van der Waals surface area contributed by atoms with E-state index in [1.54, 1.807) is 18.2 Å². The highest BCUT2D eigenvalue weighted by Gasteiger charge is 2.05. The van der Waals surface area contributed by atoms with E-state index in [0.29, 0.717) is 12.2 Å². The van der Waals surface area contributed by atoms with Crippen LogP contribution in [0.3, 0.4) is 0 Å². The maximum Gasteiger partial charge on any atom is 0.119 e. The minimum absolute atomic E-state index is 0.277. The van der Waals surface area contributed by atoms with E-state index in [1.165, 1.54) is 0 Å². The first-order valence-corrected chi connectivity index (χ1v) is 5.63. The fraction of sp³-hybridized carbons (Fsp3) is 0.200. The summed E-state index contributed by atoms with van der Waals surface area (Å²) in [7, 11) is 0. The SMILES string of the molecule is Cc1ccc(Cc2ccc(O)cc2C)c(O)c1. The maximum absolute atomic E-state index is 9.85. The number of aryl methyl sites for hydroxylation is 2. The van der Waals surface area contributed by atoms with E-state index < -0.39 is 0 Å². The maximum atomic E-state index is 9.85. The minimum atomic E-state index is 0.277. The van der Waals surface area contributed by atoms with Crippen LogP contribution in [0.25, 0.3) is 0 Å². The van der Waals surface area contributed by atoms with Gasteiger partial charge in [-0.25, -0.2) is 0 Å². The molecule has 0 aromatic heterocycles. The van der Waals surface area contributed by atoms with Gasteiger partial charge in [0.25, 0.3) is 0 Å². The Labute approximate surface area is 101 Å². The zero-order chi connectivity index (χ0) is 12.4. The van der Waals surface area contributed by atoms with Crippen LogP contribution in [-0.4, -0.2) is 10.2 Å². The first kappa shape index (κ1) is 11.5. The Kier molecular flexibility index (Phi) is 3.05. The largest absolute Gasteiger partial charge is 0.508 e. The van der Waals surface area contributed by atoms with Crippen LogP contribution in [0, 0.1) is 13.8 Å². The second-order valence-electron chi connectivity index (χ2n) is 4.42. The zero-order valence-corrected chi connectivity index (χ0v) is 10.1. The number of phenolic OH excluding ortho intramolecular Hbond substituents is 2. The molecule has 0 unspecified atom stereocenters. The third kappa shape index (κ3) is 2.59. The molecular formula is C15H16O2. The van der Waals surface area contributed by atoms with Gasteiger partial charge >= 0.3 is 0 Å². The summed E-state index contributed by atoms with van der Waals surface area (Å²) < 4.78 is 0. The van der Waals surface area contributed by atoms with Gasteiger partial charge in [-0.15, -0.1) is 0 Å².